The molecule has 21 heavy (non-hydrogen) atoms. The molecule has 5 nitrogen and oxygen atoms in total. The molecule has 0 atom stereocenters. The van der Waals surface area contributed by atoms with E-state index in [4.69, 9.17) is 4.74 Å². The third-order valence-corrected chi connectivity index (χ3v) is 4.60. The lowest BCUT2D eigenvalue weighted by Crippen LogP contribution is -2.39. The van der Waals surface area contributed by atoms with Gasteiger partial charge in [0.05, 0.1) is 0 Å². The average Bonchev–Trinajstić information content (AvgIpc) is 2.98. The third kappa shape index (κ3) is 4.06. The summed E-state index contributed by atoms with van der Waals surface area (Å²) in [5, 5.41) is 7.50. The molecule has 0 bridgehead atoms. The zero-order chi connectivity index (χ0) is 14.5. The van der Waals surface area contributed by atoms with E-state index < -0.39 is 0 Å². The van der Waals surface area contributed by atoms with Gasteiger partial charge in [0.15, 0.2) is 0 Å². The van der Waals surface area contributed by atoms with Crippen LogP contribution in [0.3, 0.4) is 0 Å². The van der Waals surface area contributed by atoms with Gasteiger partial charge in [0.2, 0.25) is 0 Å². The van der Waals surface area contributed by atoms with Gasteiger partial charge in [-0.3, -0.25) is 9.48 Å². The van der Waals surface area contributed by atoms with Crippen LogP contribution >= 0.6 is 0 Å². The van der Waals surface area contributed by atoms with Crippen LogP contribution in [0.15, 0.2) is 12.3 Å². The van der Waals surface area contributed by atoms with Crippen LogP contribution in [-0.2, 0) is 11.3 Å². The van der Waals surface area contributed by atoms with Crippen LogP contribution in [0, 0.1) is 5.92 Å². The van der Waals surface area contributed by atoms with E-state index in [0.717, 1.165) is 38.5 Å². The second kappa shape index (κ2) is 7.07. The number of carbonyl (C=O) groups is 1. The first kappa shape index (κ1) is 14.6. The van der Waals surface area contributed by atoms with E-state index in [1.54, 1.807) is 0 Å². The molecule has 3 rings (SSSR count). The van der Waals surface area contributed by atoms with Crippen LogP contribution in [0.4, 0.5) is 0 Å². The van der Waals surface area contributed by atoms with Gasteiger partial charge in [-0.1, -0.05) is 19.3 Å². The SMILES string of the molecule is O=C(NC1CCOCC1)c1ccn(CC2CCCCC2)n1. The molecule has 0 unspecified atom stereocenters. The Bertz CT molecular complexity index is 460. The van der Waals surface area contributed by atoms with Crippen LogP contribution in [0.2, 0.25) is 0 Å². The summed E-state index contributed by atoms with van der Waals surface area (Å²) in [4.78, 5) is 12.2. The van der Waals surface area contributed by atoms with Gasteiger partial charge in [-0.15, -0.1) is 0 Å². The molecule has 1 aromatic heterocycles. The summed E-state index contributed by atoms with van der Waals surface area (Å²) in [6.07, 6.45) is 10.4. The first-order valence-corrected chi connectivity index (χ1v) is 8.23. The van der Waals surface area contributed by atoms with E-state index in [1.165, 1.54) is 32.1 Å². The highest BCUT2D eigenvalue weighted by atomic mass is 16.5. The standard InChI is InChI=1S/C16H25N3O2/c20-16(17-14-7-10-21-11-8-14)15-6-9-19(18-15)12-13-4-2-1-3-5-13/h6,9,13-14H,1-5,7-8,10-12H2,(H,17,20). The first-order valence-electron chi connectivity index (χ1n) is 8.23. The zero-order valence-corrected chi connectivity index (χ0v) is 12.6. The van der Waals surface area contributed by atoms with Crippen LogP contribution < -0.4 is 5.32 Å². The van der Waals surface area contributed by atoms with Gasteiger partial charge in [0.25, 0.3) is 5.91 Å². The van der Waals surface area contributed by atoms with Crippen molar-refractivity contribution in [3.63, 3.8) is 0 Å². The average molecular weight is 291 g/mol. The van der Waals surface area contributed by atoms with Crippen LogP contribution in [0.5, 0.6) is 0 Å². The molecule has 116 valence electrons. The molecule has 1 amide bonds. The van der Waals surface area contributed by atoms with Crippen molar-refractivity contribution in [2.24, 2.45) is 5.92 Å². The monoisotopic (exact) mass is 291 g/mol. The largest absolute Gasteiger partial charge is 0.381 e. The second-order valence-corrected chi connectivity index (χ2v) is 6.29. The maximum Gasteiger partial charge on any atom is 0.271 e. The molecule has 0 spiro atoms. The van der Waals surface area contributed by atoms with E-state index in [-0.39, 0.29) is 11.9 Å². The number of carbonyl (C=O) groups excluding carboxylic acids is 1. The minimum absolute atomic E-state index is 0.0516. The highest BCUT2D eigenvalue weighted by molar-refractivity contribution is 5.92. The maximum atomic E-state index is 12.2. The quantitative estimate of drug-likeness (QED) is 0.926. The van der Waals surface area contributed by atoms with E-state index >= 15 is 0 Å². The Balaban J connectivity index is 1.52. The van der Waals surface area contributed by atoms with Crippen molar-refractivity contribution in [3.05, 3.63) is 18.0 Å². The van der Waals surface area contributed by atoms with Crippen LogP contribution in [0.25, 0.3) is 0 Å². The smallest absolute Gasteiger partial charge is 0.271 e. The Hall–Kier alpha value is -1.36. The third-order valence-electron chi connectivity index (χ3n) is 4.60. The first-order chi connectivity index (χ1) is 10.3. The summed E-state index contributed by atoms with van der Waals surface area (Å²) in [6, 6.07) is 2.06. The summed E-state index contributed by atoms with van der Waals surface area (Å²) in [5.41, 5.74) is 0.539. The van der Waals surface area contributed by atoms with Gasteiger partial charge in [-0.05, 0) is 37.7 Å². The molecular weight excluding hydrogens is 266 g/mol. The number of rotatable bonds is 4. The summed E-state index contributed by atoms with van der Waals surface area (Å²) in [6.45, 7) is 2.42. The lowest BCUT2D eigenvalue weighted by molar-refractivity contribution is 0.0693. The molecule has 0 radical (unpaired) electrons. The van der Waals surface area contributed by atoms with E-state index in [1.807, 2.05) is 16.9 Å². The fourth-order valence-corrected chi connectivity index (χ4v) is 3.32. The normalized spacial score (nSPS) is 21.3. The van der Waals surface area contributed by atoms with Crippen molar-refractivity contribution in [2.45, 2.75) is 57.5 Å². The number of aromatic nitrogens is 2. The second-order valence-electron chi connectivity index (χ2n) is 6.29. The fourth-order valence-electron chi connectivity index (χ4n) is 3.32. The molecule has 2 fully saturated rings. The van der Waals surface area contributed by atoms with Gasteiger partial charge in [0.1, 0.15) is 5.69 Å². The Morgan fingerprint density at radius 1 is 1.24 bits per heavy atom. The molecular formula is C16H25N3O2. The van der Waals surface area contributed by atoms with Gasteiger partial charge in [0, 0.05) is 32.0 Å². The molecule has 2 heterocycles. The molecule has 1 aliphatic heterocycles. The summed E-state index contributed by atoms with van der Waals surface area (Å²) >= 11 is 0. The lowest BCUT2D eigenvalue weighted by Gasteiger charge is -2.22. The van der Waals surface area contributed by atoms with Crippen molar-refractivity contribution in [2.75, 3.05) is 13.2 Å². The summed E-state index contributed by atoms with van der Waals surface area (Å²) in [7, 11) is 0. The van der Waals surface area contributed by atoms with Crippen molar-refractivity contribution < 1.29 is 9.53 Å². The minimum atomic E-state index is -0.0516. The molecule has 1 saturated carbocycles. The van der Waals surface area contributed by atoms with Crippen molar-refractivity contribution >= 4 is 5.91 Å². The van der Waals surface area contributed by atoms with Gasteiger partial charge < -0.3 is 10.1 Å². The molecule has 2 aliphatic rings. The van der Waals surface area contributed by atoms with Crippen LogP contribution in [-0.4, -0.2) is 34.9 Å². The molecule has 1 aliphatic carbocycles. The Labute approximate surface area is 126 Å². The highest BCUT2D eigenvalue weighted by Crippen LogP contribution is 2.24. The zero-order valence-electron chi connectivity index (χ0n) is 12.6. The predicted molar refractivity (Wildman–Crippen MR) is 80.1 cm³/mol. The highest BCUT2D eigenvalue weighted by Gasteiger charge is 2.19. The van der Waals surface area contributed by atoms with E-state index in [2.05, 4.69) is 10.4 Å². The Morgan fingerprint density at radius 3 is 2.76 bits per heavy atom. The maximum absolute atomic E-state index is 12.2. The molecule has 1 aromatic rings. The number of ether oxygens (including phenoxy) is 1. The van der Waals surface area contributed by atoms with Crippen LogP contribution in [0.1, 0.15) is 55.4 Å². The lowest BCUT2D eigenvalue weighted by atomic mass is 9.89. The molecule has 0 aromatic carbocycles. The fraction of sp³-hybridized carbons (Fsp3) is 0.750. The summed E-state index contributed by atoms with van der Waals surface area (Å²) in [5.74, 6) is 0.675. The predicted octanol–water partition coefficient (Wildman–Crippen LogP) is 2.37. The van der Waals surface area contributed by atoms with Gasteiger partial charge in [-0.25, -0.2) is 0 Å². The van der Waals surface area contributed by atoms with Gasteiger partial charge in [-0.2, -0.15) is 5.10 Å². The molecule has 1 saturated heterocycles. The topological polar surface area (TPSA) is 56.1 Å². The number of nitrogens with one attached hydrogen (secondary N) is 1. The van der Waals surface area contributed by atoms with Crippen molar-refractivity contribution in [3.8, 4) is 0 Å². The number of hydrogen-bond donors (Lipinski definition) is 1. The Kier molecular flexibility index (Phi) is 4.91. The van der Waals surface area contributed by atoms with E-state index in [0.29, 0.717) is 5.69 Å². The van der Waals surface area contributed by atoms with Gasteiger partial charge >= 0.3 is 0 Å². The number of amides is 1. The van der Waals surface area contributed by atoms with E-state index in [9.17, 15) is 4.79 Å². The van der Waals surface area contributed by atoms with Crippen molar-refractivity contribution in [1.29, 1.82) is 0 Å². The molecule has 1 N–H and O–H groups in total. The summed E-state index contributed by atoms with van der Waals surface area (Å²) < 4.78 is 7.24. The van der Waals surface area contributed by atoms with Crippen molar-refractivity contribution in [1.82, 2.24) is 15.1 Å². The minimum Gasteiger partial charge on any atom is -0.381 e. The molecule has 5 heteroatoms. The number of hydrogen-bond acceptors (Lipinski definition) is 3. The number of nitrogens with zero attached hydrogens (tertiary/aromatic N) is 2. The Morgan fingerprint density at radius 2 is 2.00 bits per heavy atom.